The Morgan fingerprint density at radius 2 is 0.600 bits per heavy atom. The molecule has 0 aliphatic rings. The Bertz CT molecular complexity index is 1020. The van der Waals surface area contributed by atoms with Crippen LogP contribution in [0.15, 0.2) is 36.5 Å². The van der Waals surface area contributed by atoms with Gasteiger partial charge in [0, 0.05) is 19.3 Å². The van der Waals surface area contributed by atoms with Crippen LogP contribution in [-0.2, 0) is 28.6 Å². The van der Waals surface area contributed by atoms with Gasteiger partial charge in [0.25, 0.3) is 0 Å². The van der Waals surface area contributed by atoms with E-state index in [1.54, 1.807) is 0 Å². The van der Waals surface area contributed by atoms with E-state index in [4.69, 9.17) is 14.2 Å². The van der Waals surface area contributed by atoms with Crippen LogP contribution in [0.1, 0.15) is 271 Å². The molecule has 0 rings (SSSR count). The molecule has 1 atom stereocenters. The van der Waals surface area contributed by atoms with Gasteiger partial charge in [0.15, 0.2) is 6.10 Å². The lowest BCUT2D eigenvalue weighted by Crippen LogP contribution is -2.30. The number of ether oxygens (including phenoxy) is 3. The van der Waals surface area contributed by atoms with Crippen LogP contribution in [0.2, 0.25) is 0 Å². The molecule has 0 spiro atoms. The summed E-state index contributed by atoms with van der Waals surface area (Å²) < 4.78 is 16.8. The third kappa shape index (κ3) is 46.7. The molecule has 0 amide bonds. The molecule has 0 fully saturated rings. The van der Waals surface area contributed by atoms with Crippen molar-refractivity contribution in [2.24, 2.45) is 0 Å². The molecule has 0 saturated carbocycles. The normalized spacial score (nSPS) is 12.2. The first-order chi connectivity index (χ1) is 29.5. The Labute approximate surface area is 372 Å². The van der Waals surface area contributed by atoms with Gasteiger partial charge in [-0.2, -0.15) is 0 Å². The van der Waals surface area contributed by atoms with Crippen LogP contribution in [0.25, 0.3) is 0 Å². The molecule has 6 nitrogen and oxygen atoms in total. The zero-order valence-corrected chi connectivity index (χ0v) is 40.0. The third-order valence-corrected chi connectivity index (χ3v) is 11.4. The molecule has 0 aromatic rings. The van der Waals surface area contributed by atoms with Gasteiger partial charge in [0.2, 0.25) is 0 Å². The summed E-state index contributed by atoms with van der Waals surface area (Å²) in [7, 11) is 0. The van der Waals surface area contributed by atoms with Crippen molar-refractivity contribution < 1.29 is 28.6 Å². The number of allylic oxidation sites excluding steroid dienone is 6. The van der Waals surface area contributed by atoms with Gasteiger partial charge in [0.05, 0.1) is 0 Å². The second-order valence-electron chi connectivity index (χ2n) is 17.4. The SMILES string of the molecule is CCCCC/C=C\C/C=C\C/C=C\CCCCC(=O)O[C@H](COC(=O)CCCCCCCCCCCCC)COC(=O)CCCCCCCCCCCCCCCCCC. The third-order valence-electron chi connectivity index (χ3n) is 11.4. The Kier molecular flexibility index (Phi) is 47.3. The van der Waals surface area contributed by atoms with Crippen molar-refractivity contribution in [3.05, 3.63) is 36.5 Å². The van der Waals surface area contributed by atoms with Crippen LogP contribution >= 0.6 is 0 Å². The molecule has 0 aliphatic carbocycles. The van der Waals surface area contributed by atoms with E-state index >= 15 is 0 Å². The molecule has 0 unspecified atom stereocenters. The van der Waals surface area contributed by atoms with Crippen molar-refractivity contribution in [3.8, 4) is 0 Å². The fourth-order valence-electron chi connectivity index (χ4n) is 7.45. The molecule has 0 N–H and O–H groups in total. The van der Waals surface area contributed by atoms with Gasteiger partial charge in [-0.1, -0.05) is 231 Å². The second kappa shape index (κ2) is 49.3. The summed E-state index contributed by atoms with van der Waals surface area (Å²) in [6, 6.07) is 0. The van der Waals surface area contributed by atoms with E-state index in [-0.39, 0.29) is 37.5 Å². The highest BCUT2D eigenvalue weighted by atomic mass is 16.6. The summed E-state index contributed by atoms with van der Waals surface area (Å²) >= 11 is 0. The molecule has 0 aromatic heterocycles. The highest BCUT2D eigenvalue weighted by molar-refractivity contribution is 5.71. The summed E-state index contributed by atoms with van der Waals surface area (Å²) in [6.07, 6.45) is 57.0. The van der Waals surface area contributed by atoms with E-state index in [0.29, 0.717) is 19.3 Å². The minimum Gasteiger partial charge on any atom is -0.462 e. The van der Waals surface area contributed by atoms with E-state index in [1.165, 1.54) is 161 Å². The number of rotatable bonds is 47. The standard InChI is InChI=1S/C54H98O6/c1-4-7-10-13-16-19-22-24-26-28-29-32-35-38-41-44-47-53(56)59-50-51(49-58-52(55)46-43-40-37-34-31-21-18-15-12-9-6-3)60-54(57)48-45-42-39-36-33-30-27-25-23-20-17-14-11-8-5-2/h17,20,25,27,33,36,51H,4-16,18-19,21-24,26,28-32,34-35,37-50H2,1-3H3/b20-17-,27-25-,36-33-/t51-/m1/s1. The summed E-state index contributed by atoms with van der Waals surface area (Å²) in [5.41, 5.74) is 0. The number of hydrogen-bond donors (Lipinski definition) is 0. The predicted octanol–water partition coefficient (Wildman–Crippen LogP) is 16.9. The number of hydrogen-bond acceptors (Lipinski definition) is 6. The van der Waals surface area contributed by atoms with E-state index < -0.39 is 6.10 Å². The molecule has 60 heavy (non-hydrogen) atoms. The Balaban J connectivity index is 4.38. The van der Waals surface area contributed by atoms with E-state index in [0.717, 1.165) is 64.2 Å². The average Bonchev–Trinajstić information content (AvgIpc) is 3.24. The Morgan fingerprint density at radius 1 is 0.333 bits per heavy atom. The van der Waals surface area contributed by atoms with Crippen molar-refractivity contribution in [3.63, 3.8) is 0 Å². The molecule has 0 aromatic carbocycles. The quantitative estimate of drug-likeness (QED) is 0.0263. The molecule has 0 bridgehead atoms. The maximum absolute atomic E-state index is 12.8. The molecule has 0 aliphatic heterocycles. The highest BCUT2D eigenvalue weighted by Crippen LogP contribution is 2.16. The minimum atomic E-state index is -0.786. The van der Waals surface area contributed by atoms with E-state index in [2.05, 4.69) is 57.2 Å². The lowest BCUT2D eigenvalue weighted by atomic mass is 10.0. The van der Waals surface area contributed by atoms with Crippen LogP contribution < -0.4 is 0 Å². The van der Waals surface area contributed by atoms with Crippen molar-refractivity contribution in [1.29, 1.82) is 0 Å². The predicted molar refractivity (Wildman–Crippen MR) is 256 cm³/mol. The van der Waals surface area contributed by atoms with Crippen molar-refractivity contribution in [2.45, 2.75) is 277 Å². The first-order valence-electron chi connectivity index (χ1n) is 26.0. The van der Waals surface area contributed by atoms with Crippen molar-refractivity contribution in [2.75, 3.05) is 13.2 Å². The van der Waals surface area contributed by atoms with E-state index in [1.807, 2.05) is 0 Å². The summed E-state index contributed by atoms with van der Waals surface area (Å²) in [4.78, 5) is 37.9. The van der Waals surface area contributed by atoms with Crippen molar-refractivity contribution >= 4 is 17.9 Å². The number of unbranched alkanes of at least 4 members (excludes halogenated alkanes) is 30. The summed E-state index contributed by atoms with van der Waals surface area (Å²) in [5, 5.41) is 0. The molecule has 0 heterocycles. The molecule has 0 saturated heterocycles. The van der Waals surface area contributed by atoms with Crippen LogP contribution in [0.3, 0.4) is 0 Å². The van der Waals surface area contributed by atoms with Gasteiger partial charge >= 0.3 is 17.9 Å². The summed E-state index contributed by atoms with van der Waals surface area (Å²) in [5.74, 6) is -0.911. The van der Waals surface area contributed by atoms with Gasteiger partial charge in [-0.3, -0.25) is 14.4 Å². The molecular weight excluding hydrogens is 745 g/mol. The van der Waals surface area contributed by atoms with Gasteiger partial charge < -0.3 is 14.2 Å². The fraction of sp³-hybridized carbons (Fsp3) is 0.833. The Morgan fingerprint density at radius 3 is 0.967 bits per heavy atom. The number of carbonyl (C=O) groups is 3. The summed E-state index contributed by atoms with van der Waals surface area (Å²) in [6.45, 7) is 6.59. The zero-order valence-electron chi connectivity index (χ0n) is 40.0. The van der Waals surface area contributed by atoms with Crippen LogP contribution in [0.4, 0.5) is 0 Å². The van der Waals surface area contributed by atoms with Crippen LogP contribution in [0.5, 0.6) is 0 Å². The zero-order chi connectivity index (χ0) is 43.7. The lowest BCUT2D eigenvalue weighted by Gasteiger charge is -2.18. The molecular formula is C54H98O6. The smallest absolute Gasteiger partial charge is 0.306 e. The maximum Gasteiger partial charge on any atom is 0.306 e. The van der Waals surface area contributed by atoms with Gasteiger partial charge in [-0.15, -0.1) is 0 Å². The monoisotopic (exact) mass is 843 g/mol. The Hall–Kier alpha value is -2.37. The van der Waals surface area contributed by atoms with Gasteiger partial charge in [-0.05, 0) is 57.8 Å². The highest BCUT2D eigenvalue weighted by Gasteiger charge is 2.19. The number of carbonyl (C=O) groups excluding carboxylic acids is 3. The largest absolute Gasteiger partial charge is 0.462 e. The average molecular weight is 843 g/mol. The first kappa shape index (κ1) is 57.6. The van der Waals surface area contributed by atoms with Gasteiger partial charge in [0.1, 0.15) is 13.2 Å². The maximum atomic E-state index is 12.8. The van der Waals surface area contributed by atoms with Crippen molar-refractivity contribution in [1.82, 2.24) is 0 Å². The fourth-order valence-corrected chi connectivity index (χ4v) is 7.45. The van der Waals surface area contributed by atoms with E-state index in [9.17, 15) is 14.4 Å². The van der Waals surface area contributed by atoms with Gasteiger partial charge in [-0.25, -0.2) is 0 Å². The van der Waals surface area contributed by atoms with Crippen LogP contribution in [-0.4, -0.2) is 37.2 Å². The first-order valence-corrected chi connectivity index (χ1v) is 26.0. The molecule has 350 valence electrons. The minimum absolute atomic E-state index is 0.0833. The number of esters is 3. The van der Waals surface area contributed by atoms with Crippen LogP contribution in [0, 0.1) is 0 Å². The topological polar surface area (TPSA) is 78.9 Å². The second-order valence-corrected chi connectivity index (χ2v) is 17.4. The molecule has 6 heteroatoms. The molecule has 0 radical (unpaired) electrons. The lowest BCUT2D eigenvalue weighted by molar-refractivity contribution is -0.167.